The summed E-state index contributed by atoms with van der Waals surface area (Å²) in [6.07, 6.45) is 1.63. The molecule has 5 nitrogen and oxygen atoms in total. The van der Waals surface area contributed by atoms with Gasteiger partial charge in [-0.2, -0.15) is 11.3 Å². The Hall–Kier alpha value is -1.92. The number of hydrogen-bond donors (Lipinski definition) is 1. The number of amides is 1. The number of nitrogens with zero attached hydrogens (tertiary/aromatic N) is 2. The lowest BCUT2D eigenvalue weighted by atomic mass is 10.1. The highest BCUT2D eigenvalue weighted by atomic mass is 32.1. The maximum atomic E-state index is 12.2. The highest BCUT2D eigenvalue weighted by molar-refractivity contribution is 7.07. The molecule has 0 bridgehead atoms. The minimum absolute atomic E-state index is 0.0499. The SMILES string of the molecule is CCN(CC)[C@@H](CNC(=O)Cn1ccccc1=O)c1ccsc1. The molecule has 0 radical (unpaired) electrons. The number of thiophene rings is 1. The maximum Gasteiger partial charge on any atom is 0.250 e. The van der Waals surface area contributed by atoms with Gasteiger partial charge < -0.3 is 9.88 Å². The molecule has 0 fully saturated rings. The molecule has 0 unspecified atom stereocenters. The molecule has 0 aliphatic carbocycles. The average Bonchev–Trinajstić information content (AvgIpc) is 3.08. The Balaban J connectivity index is 1.99. The predicted molar refractivity (Wildman–Crippen MR) is 93.7 cm³/mol. The third kappa shape index (κ3) is 4.77. The smallest absolute Gasteiger partial charge is 0.250 e. The van der Waals surface area contributed by atoms with E-state index in [0.29, 0.717) is 6.54 Å². The van der Waals surface area contributed by atoms with Crippen molar-refractivity contribution in [3.05, 3.63) is 57.1 Å². The van der Waals surface area contributed by atoms with Crippen molar-refractivity contribution < 1.29 is 4.79 Å². The van der Waals surface area contributed by atoms with E-state index in [1.54, 1.807) is 29.7 Å². The van der Waals surface area contributed by atoms with Crippen LogP contribution < -0.4 is 10.9 Å². The number of hydrogen-bond acceptors (Lipinski definition) is 4. The van der Waals surface area contributed by atoms with Crippen molar-refractivity contribution in [2.75, 3.05) is 19.6 Å². The van der Waals surface area contributed by atoms with Crippen LogP contribution in [0.1, 0.15) is 25.5 Å². The number of carbonyl (C=O) groups excluding carboxylic acids is 1. The number of nitrogens with one attached hydrogen (secondary N) is 1. The molecule has 2 aromatic rings. The fourth-order valence-corrected chi connectivity index (χ4v) is 3.31. The molecule has 124 valence electrons. The van der Waals surface area contributed by atoms with E-state index in [0.717, 1.165) is 13.1 Å². The molecular weight excluding hydrogens is 310 g/mol. The number of aromatic nitrogens is 1. The molecule has 0 aromatic carbocycles. The van der Waals surface area contributed by atoms with Gasteiger partial charge in [0.25, 0.3) is 5.56 Å². The van der Waals surface area contributed by atoms with Crippen molar-refractivity contribution in [2.45, 2.75) is 26.4 Å². The van der Waals surface area contributed by atoms with Crippen LogP contribution in [-0.2, 0) is 11.3 Å². The molecule has 1 atom stereocenters. The number of carbonyl (C=O) groups is 1. The van der Waals surface area contributed by atoms with Crippen LogP contribution in [0.15, 0.2) is 46.0 Å². The van der Waals surface area contributed by atoms with Crippen molar-refractivity contribution >= 4 is 17.2 Å². The molecule has 23 heavy (non-hydrogen) atoms. The first-order chi connectivity index (χ1) is 11.2. The van der Waals surface area contributed by atoms with E-state index in [1.165, 1.54) is 16.2 Å². The maximum absolute atomic E-state index is 12.2. The quantitative estimate of drug-likeness (QED) is 0.805. The van der Waals surface area contributed by atoms with Crippen LogP contribution in [0.4, 0.5) is 0 Å². The Morgan fingerprint density at radius 2 is 2.09 bits per heavy atom. The minimum atomic E-state index is -0.166. The summed E-state index contributed by atoms with van der Waals surface area (Å²) in [6.45, 7) is 6.67. The van der Waals surface area contributed by atoms with Crippen LogP contribution in [0, 0.1) is 0 Å². The van der Waals surface area contributed by atoms with Crippen LogP contribution in [0.3, 0.4) is 0 Å². The van der Waals surface area contributed by atoms with E-state index in [9.17, 15) is 9.59 Å². The predicted octanol–water partition coefficient (Wildman–Crippen LogP) is 2.11. The molecule has 2 heterocycles. The topological polar surface area (TPSA) is 54.3 Å². The summed E-state index contributed by atoms with van der Waals surface area (Å²) in [6, 6.07) is 7.13. The van der Waals surface area contributed by atoms with E-state index in [2.05, 4.69) is 40.9 Å². The van der Waals surface area contributed by atoms with Crippen molar-refractivity contribution in [1.82, 2.24) is 14.8 Å². The van der Waals surface area contributed by atoms with E-state index in [4.69, 9.17) is 0 Å². The molecular formula is C17H23N3O2S. The summed E-state index contributed by atoms with van der Waals surface area (Å²) in [5.41, 5.74) is 1.05. The van der Waals surface area contributed by atoms with Gasteiger partial charge in [0.2, 0.25) is 5.91 Å². The second kappa shape index (κ2) is 8.64. The molecule has 2 rings (SSSR count). The van der Waals surface area contributed by atoms with Gasteiger partial charge in [-0.25, -0.2) is 0 Å². The summed E-state index contributed by atoms with van der Waals surface area (Å²) >= 11 is 1.66. The van der Waals surface area contributed by atoms with E-state index < -0.39 is 0 Å². The van der Waals surface area contributed by atoms with Gasteiger partial charge in [-0.05, 0) is 41.5 Å². The average molecular weight is 333 g/mol. The van der Waals surface area contributed by atoms with Crippen molar-refractivity contribution in [1.29, 1.82) is 0 Å². The second-order valence-corrected chi connectivity index (χ2v) is 6.04. The largest absolute Gasteiger partial charge is 0.353 e. The second-order valence-electron chi connectivity index (χ2n) is 5.26. The first-order valence-corrected chi connectivity index (χ1v) is 8.78. The van der Waals surface area contributed by atoms with Crippen LogP contribution in [0.2, 0.25) is 0 Å². The molecule has 0 aliphatic heterocycles. The number of likely N-dealkylation sites (N-methyl/N-ethyl adjacent to an activating group) is 1. The highest BCUT2D eigenvalue weighted by Crippen LogP contribution is 2.22. The fraction of sp³-hybridized carbons (Fsp3) is 0.412. The standard InChI is InChI=1S/C17H23N3O2S/c1-3-19(4-2)15(14-8-10-23-13-14)11-18-16(21)12-20-9-6-5-7-17(20)22/h5-10,13,15H,3-4,11-12H2,1-2H3,(H,18,21)/t15-/m0/s1. The summed E-state index contributed by atoms with van der Waals surface area (Å²) in [5.74, 6) is -0.148. The molecule has 0 aliphatic rings. The summed E-state index contributed by atoms with van der Waals surface area (Å²) in [4.78, 5) is 26.1. The van der Waals surface area contributed by atoms with Crippen LogP contribution in [0.25, 0.3) is 0 Å². The normalized spacial score (nSPS) is 12.3. The van der Waals surface area contributed by atoms with E-state index >= 15 is 0 Å². The molecule has 1 amide bonds. The van der Waals surface area contributed by atoms with Gasteiger partial charge in [0, 0.05) is 18.8 Å². The van der Waals surface area contributed by atoms with Crippen LogP contribution in [-0.4, -0.2) is 35.0 Å². The van der Waals surface area contributed by atoms with Gasteiger partial charge in [0.15, 0.2) is 0 Å². The number of rotatable bonds is 8. The highest BCUT2D eigenvalue weighted by Gasteiger charge is 2.19. The summed E-state index contributed by atoms with van der Waals surface area (Å²) < 4.78 is 1.41. The zero-order chi connectivity index (χ0) is 16.7. The lowest BCUT2D eigenvalue weighted by Crippen LogP contribution is -2.39. The lowest BCUT2D eigenvalue weighted by molar-refractivity contribution is -0.122. The monoisotopic (exact) mass is 333 g/mol. The first-order valence-electron chi connectivity index (χ1n) is 7.84. The molecule has 0 saturated heterocycles. The van der Waals surface area contributed by atoms with Crippen molar-refractivity contribution in [3.63, 3.8) is 0 Å². The van der Waals surface area contributed by atoms with Crippen LogP contribution in [0.5, 0.6) is 0 Å². The van der Waals surface area contributed by atoms with Gasteiger partial charge in [0.05, 0.1) is 6.04 Å². The summed E-state index contributed by atoms with van der Waals surface area (Å²) in [7, 11) is 0. The van der Waals surface area contributed by atoms with Gasteiger partial charge >= 0.3 is 0 Å². The fourth-order valence-electron chi connectivity index (χ4n) is 2.60. The zero-order valence-corrected chi connectivity index (χ0v) is 14.4. The molecule has 1 N–H and O–H groups in total. The molecule has 0 saturated carbocycles. The minimum Gasteiger partial charge on any atom is -0.353 e. The third-order valence-electron chi connectivity index (χ3n) is 3.89. The van der Waals surface area contributed by atoms with Gasteiger partial charge in [0.1, 0.15) is 6.54 Å². The van der Waals surface area contributed by atoms with Gasteiger partial charge in [-0.3, -0.25) is 14.5 Å². The Bertz CT molecular complexity index is 662. The lowest BCUT2D eigenvalue weighted by Gasteiger charge is -2.29. The Labute approximate surface area is 140 Å². The third-order valence-corrected chi connectivity index (χ3v) is 4.59. The van der Waals surface area contributed by atoms with E-state index in [1.807, 2.05) is 0 Å². The van der Waals surface area contributed by atoms with Crippen LogP contribution >= 0.6 is 11.3 Å². The molecule has 6 heteroatoms. The van der Waals surface area contributed by atoms with Gasteiger partial charge in [-0.1, -0.05) is 19.9 Å². The van der Waals surface area contributed by atoms with Crippen molar-refractivity contribution in [3.8, 4) is 0 Å². The Morgan fingerprint density at radius 1 is 1.30 bits per heavy atom. The first kappa shape index (κ1) is 17.4. The number of pyridine rings is 1. The zero-order valence-electron chi connectivity index (χ0n) is 13.6. The van der Waals surface area contributed by atoms with E-state index in [-0.39, 0.29) is 24.1 Å². The summed E-state index contributed by atoms with van der Waals surface area (Å²) in [5, 5.41) is 7.13. The van der Waals surface area contributed by atoms with Crippen molar-refractivity contribution in [2.24, 2.45) is 0 Å². The molecule has 2 aromatic heterocycles. The Morgan fingerprint density at radius 3 is 2.70 bits per heavy atom. The van der Waals surface area contributed by atoms with Gasteiger partial charge in [-0.15, -0.1) is 0 Å². The molecule has 0 spiro atoms. The Kier molecular flexibility index (Phi) is 6.55.